The third kappa shape index (κ3) is 5.16. The number of hydrogen-bond acceptors (Lipinski definition) is 2. The summed E-state index contributed by atoms with van der Waals surface area (Å²) >= 11 is 4.63. The summed E-state index contributed by atoms with van der Waals surface area (Å²) in [5.74, 6) is -1.88. The molecule has 0 radical (unpaired) electrons. The van der Waals surface area contributed by atoms with E-state index in [1.54, 1.807) is 24.3 Å². The highest BCUT2D eigenvalue weighted by Gasteiger charge is 2.42. The molecule has 0 aliphatic rings. The fraction of sp³-hybridized carbons (Fsp3) is 0.385. The summed E-state index contributed by atoms with van der Waals surface area (Å²) in [4.78, 5) is 12.2. The van der Waals surface area contributed by atoms with Gasteiger partial charge in [0.15, 0.2) is 0 Å². The molecule has 0 aliphatic carbocycles. The van der Waals surface area contributed by atoms with Crippen molar-refractivity contribution < 1.29 is 18.0 Å². The molecule has 0 heterocycles. The number of alkyl halides is 3. The number of rotatable bonds is 5. The second-order valence-electron chi connectivity index (χ2n) is 4.43. The Balaban J connectivity index is 2.84. The van der Waals surface area contributed by atoms with E-state index in [2.05, 4.69) is 12.2 Å². The van der Waals surface area contributed by atoms with Crippen LogP contribution < -0.4 is 5.73 Å². The first-order valence-corrected chi connectivity index (χ1v) is 6.31. The average molecular weight is 304 g/mol. The monoisotopic (exact) mass is 304 g/mol. The molecule has 7 heteroatoms. The summed E-state index contributed by atoms with van der Waals surface area (Å²) < 4.78 is 37.6. The number of benzene rings is 1. The molecule has 20 heavy (non-hydrogen) atoms. The van der Waals surface area contributed by atoms with Crippen LogP contribution in [0, 0.1) is 6.92 Å². The Morgan fingerprint density at radius 3 is 2.30 bits per heavy atom. The first-order valence-electron chi connectivity index (χ1n) is 5.90. The molecule has 3 nitrogen and oxygen atoms in total. The zero-order chi connectivity index (χ0) is 15.3. The summed E-state index contributed by atoms with van der Waals surface area (Å²) in [6, 6.07) is 6.93. The highest BCUT2D eigenvalue weighted by atomic mass is 32.1. The van der Waals surface area contributed by atoms with E-state index in [4.69, 9.17) is 5.73 Å². The Morgan fingerprint density at radius 2 is 1.85 bits per heavy atom. The minimum Gasteiger partial charge on any atom is -0.393 e. The number of thiocarbonyl (C=S) groups is 1. The van der Waals surface area contributed by atoms with Crippen LogP contribution in [0.3, 0.4) is 0 Å². The van der Waals surface area contributed by atoms with E-state index in [0.29, 0.717) is 10.5 Å². The molecule has 0 atom stereocenters. The Hall–Kier alpha value is -1.63. The summed E-state index contributed by atoms with van der Waals surface area (Å²) in [5, 5.41) is 0. The van der Waals surface area contributed by atoms with Gasteiger partial charge in [0.1, 0.15) is 0 Å². The van der Waals surface area contributed by atoms with E-state index in [9.17, 15) is 18.0 Å². The van der Waals surface area contributed by atoms with Crippen LogP contribution in [0.1, 0.15) is 17.5 Å². The molecule has 0 saturated carbocycles. The lowest BCUT2D eigenvalue weighted by atomic mass is 10.1. The fourth-order valence-corrected chi connectivity index (χ4v) is 1.68. The molecule has 0 spiro atoms. The number of nitrogens with zero attached hydrogens (tertiary/aromatic N) is 1. The van der Waals surface area contributed by atoms with Crippen molar-refractivity contribution in [1.82, 2.24) is 4.90 Å². The molecule has 0 saturated heterocycles. The largest absolute Gasteiger partial charge is 0.471 e. The normalized spacial score (nSPS) is 11.2. The number of aryl methyl sites for hydroxylation is 1. The van der Waals surface area contributed by atoms with Crippen LogP contribution in [0.4, 0.5) is 13.2 Å². The van der Waals surface area contributed by atoms with Crippen molar-refractivity contribution in [3.8, 4) is 0 Å². The van der Waals surface area contributed by atoms with Gasteiger partial charge in [0.25, 0.3) is 0 Å². The highest BCUT2D eigenvalue weighted by Crippen LogP contribution is 2.20. The van der Waals surface area contributed by atoms with Crippen LogP contribution in [-0.4, -0.2) is 28.5 Å². The van der Waals surface area contributed by atoms with Crippen LogP contribution in [0.15, 0.2) is 24.3 Å². The topological polar surface area (TPSA) is 46.3 Å². The van der Waals surface area contributed by atoms with Gasteiger partial charge in [-0.25, -0.2) is 0 Å². The lowest BCUT2D eigenvalue weighted by Crippen LogP contribution is -2.42. The van der Waals surface area contributed by atoms with Crippen molar-refractivity contribution in [3.63, 3.8) is 0 Å². The molecule has 2 N–H and O–H groups in total. The maximum atomic E-state index is 12.5. The molecule has 0 fully saturated rings. The predicted molar refractivity (Wildman–Crippen MR) is 74.1 cm³/mol. The van der Waals surface area contributed by atoms with Gasteiger partial charge in [0, 0.05) is 19.5 Å². The van der Waals surface area contributed by atoms with Crippen molar-refractivity contribution in [2.75, 3.05) is 6.54 Å². The van der Waals surface area contributed by atoms with Crippen LogP contribution in [-0.2, 0) is 11.3 Å². The van der Waals surface area contributed by atoms with Crippen molar-refractivity contribution >= 4 is 23.1 Å². The summed E-state index contributed by atoms with van der Waals surface area (Å²) in [7, 11) is 0. The van der Waals surface area contributed by atoms with Gasteiger partial charge < -0.3 is 10.6 Å². The predicted octanol–water partition coefficient (Wildman–Crippen LogP) is 2.56. The zero-order valence-corrected chi connectivity index (χ0v) is 11.7. The lowest BCUT2D eigenvalue weighted by Gasteiger charge is -2.23. The van der Waals surface area contributed by atoms with Gasteiger partial charge in [-0.05, 0) is 12.5 Å². The molecule has 0 bridgehead atoms. The lowest BCUT2D eigenvalue weighted by molar-refractivity contribution is -0.186. The first-order chi connectivity index (χ1) is 9.20. The standard InChI is InChI=1S/C13H15F3N2OS/c1-9-2-4-10(5-3-9)8-18(7-6-11(17)20)12(19)13(14,15)16/h2-5H,6-8H2,1H3,(H2,17,20). The molecule has 0 aliphatic heterocycles. The quantitative estimate of drug-likeness (QED) is 0.851. The molecule has 1 rings (SSSR count). The fourth-order valence-electron chi connectivity index (χ4n) is 1.59. The molecular weight excluding hydrogens is 289 g/mol. The molecule has 110 valence electrons. The van der Waals surface area contributed by atoms with Crippen molar-refractivity contribution in [1.29, 1.82) is 0 Å². The maximum absolute atomic E-state index is 12.5. The minimum absolute atomic E-state index is 0.0585. The minimum atomic E-state index is -4.90. The number of amides is 1. The van der Waals surface area contributed by atoms with Crippen LogP contribution in [0.25, 0.3) is 0 Å². The summed E-state index contributed by atoms with van der Waals surface area (Å²) in [6.45, 7) is 1.60. The Bertz CT molecular complexity index is 485. The number of carbonyl (C=O) groups is 1. The average Bonchev–Trinajstić information content (AvgIpc) is 2.34. The SMILES string of the molecule is Cc1ccc(CN(CCC(N)=S)C(=O)C(F)(F)F)cc1. The zero-order valence-electron chi connectivity index (χ0n) is 10.9. The number of nitrogens with two attached hydrogens (primary N) is 1. The van der Waals surface area contributed by atoms with E-state index in [-0.39, 0.29) is 24.5 Å². The summed E-state index contributed by atoms with van der Waals surface area (Å²) in [6.07, 6.45) is -4.84. The number of halogens is 3. The van der Waals surface area contributed by atoms with Crippen molar-refractivity contribution in [2.24, 2.45) is 5.73 Å². The van der Waals surface area contributed by atoms with Crippen LogP contribution in [0.5, 0.6) is 0 Å². The maximum Gasteiger partial charge on any atom is 0.471 e. The van der Waals surface area contributed by atoms with Gasteiger partial charge in [-0.3, -0.25) is 4.79 Å². The van der Waals surface area contributed by atoms with Crippen molar-refractivity contribution in [2.45, 2.75) is 26.1 Å². The number of carbonyl (C=O) groups excluding carboxylic acids is 1. The molecule has 0 aromatic heterocycles. The van der Waals surface area contributed by atoms with Gasteiger partial charge in [0.2, 0.25) is 0 Å². The van der Waals surface area contributed by atoms with Crippen LogP contribution in [0.2, 0.25) is 0 Å². The van der Waals surface area contributed by atoms with E-state index in [1.165, 1.54) is 0 Å². The second kappa shape index (κ2) is 6.69. The van der Waals surface area contributed by atoms with Gasteiger partial charge in [-0.2, -0.15) is 13.2 Å². The highest BCUT2D eigenvalue weighted by molar-refractivity contribution is 7.80. The van der Waals surface area contributed by atoms with Gasteiger partial charge in [-0.15, -0.1) is 0 Å². The summed E-state index contributed by atoms with van der Waals surface area (Å²) in [5.41, 5.74) is 6.89. The molecule has 0 unspecified atom stereocenters. The molecule has 1 aromatic rings. The Kier molecular flexibility index (Phi) is 5.50. The molecule has 1 amide bonds. The van der Waals surface area contributed by atoms with Gasteiger partial charge in [0.05, 0.1) is 4.99 Å². The van der Waals surface area contributed by atoms with Crippen LogP contribution >= 0.6 is 12.2 Å². The van der Waals surface area contributed by atoms with Gasteiger partial charge >= 0.3 is 12.1 Å². The van der Waals surface area contributed by atoms with Crippen molar-refractivity contribution in [3.05, 3.63) is 35.4 Å². The molecular formula is C13H15F3N2OS. The van der Waals surface area contributed by atoms with Gasteiger partial charge in [-0.1, -0.05) is 42.0 Å². The van der Waals surface area contributed by atoms with E-state index < -0.39 is 12.1 Å². The Morgan fingerprint density at radius 1 is 1.30 bits per heavy atom. The van der Waals surface area contributed by atoms with E-state index in [1.807, 2.05) is 6.92 Å². The second-order valence-corrected chi connectivity index (χ2v) is 4.95. The first kappa shape index (κ1) is 16.4. The third-order valence-corrected chi connectivity index (χ3v) is 2.86. The number of hydrogen-bond donors (Lipinski definition) is 1. The van der Waals surface area contributed by atoms with E-state index in [0.717, 1.165) is 5.56 Å². The third-order valence-electron chi connectivity index (χ3n) is 2.65. The molecule has 1 aromatic carbocycles. The van der Waals surface area contributed by atoms with E-state index >= 15 is 0 Å². The smallest absolute Gasteiger partial charge is 0.393 e. The Labute approximate surface area is 120 Å².